The number of halogens is 2. The van der Waals surface area contributed by atoms with Crippen LogP contribution >= 0.6 is 11.8 Å². The monoisotopic (exact) mass is 539 g/mol. The Labute approximate surface area is 224 Å². The molecule has 0 bridgehead atoms. The molecule has 2 aliphatic heterocycles. The minimum atomic E-state index is -0.656. The van der Waals surface area contributed by atoms with E-state index in [1.807, 2.05) is 26.8 Å². The first-order valence-corrected chi connectivity index (χ1v) is 13.7. The first-order chi connectivity index (χ1) is 18.1. The van der Waals surface area contributed by atoms with Crippen molar-refractivity contribution < 1.29 is 18.3 Å². The Morgan fingerprint density at radius 2 is 1.89 bits per heavy atom. The molecule has 2 aliphatic rings. The van der Waals surface area contributed by atoms with Crippen molar-refractivity contribution in [2.24, 2.45) is 17.8 Å². The first-order valence-electron chi connectivity index (χ1n) is 12.7. The van der Waals surface area contributed by atoms with E-state index in [4.69, 9.17) is 4.74 Å². The van der Waals surface area contributed by atoms with Crippen LogP contribution in [0.5, 0.6) is 0 Å². The maximum atomic E-state index is 15.1. The van der Waals surface area contributed by atoms with Crippen LogP contribution in [-0.2, 0) is 16.1 Å². The van der Waals surface area contributed by atoms with E-state index in [-0.39, 0.29) is 35.2 Å². The lowest BCUT2D eigenvalue weighted by molar-refractivity contribution is -0.121. The number of piperidine rings is 1. The van der Waals surface area contributed by atoms with E-state index in [0.29, 0.717) is 42.3 Å². The molecule has 0 radical (unpaired) electrons. The molecule has 1 aromatic heterocycles. The van der Waals surface area contributed by atoms with Gasteiger partial charge in [0.1, 0.15) is 17.5 Å². The summed E-state index contributed by atoms with van der Waals surface area (Å²) in [6.45, 7) is 11.1. The Bertz CT molecular complexity index is 1490. The van der Waals surface area contributed by atoms with E-state index >= 15 is 4.39 Å². The number of benzene rings is 2. The van der Waals surface area contributed by atoms with Gasteiger partial charge in [-0.1, -0.05) is 20.4 Å². The number of nitrogens with zero attached hydrogens (tertiary/aromatic N) is 3. The molecule has 1 unspecified atom stereocenters. The number of carbonyl (C=O) groups excluding carboxylic acids is 1. The second-order valence-electron chi connectivity index (χ2n) is 10.4. The number of methoxy groups -OCH3 is 1. The SMILES string of the molecule is C=CC(=O)C1[C@H](C)CN(c2nc(=O)n3c4c(c(-c5ccc(F)cc5F)c(C)cc24)SC[C@@H](OC)C3)C[C@@H]1C. The normalized spacial score (nSPS) is 23.4. The van der Waals surface area contributed by atoms with Gasteiger partial charge in [0.05, 0.1) is 18.2 Å². The number of aryl methyl sites for hydroxylation is 1. The van der Waals surface area contributed by atoms with Gasteiger partial charge < -0.3 is 9.64 Å². The van der Waals surface area contributed by atoms with Crippen LogP contribution < -0.4 is 10.6 Å². The third kappa shape index (κ3) is 4.45. The molecule has 3 heterocycles. The summed E-state index contributed by atoms with van der Waals surface area (Å²) < 4.78 is 36.1. The Hall–Kier alpha value is -3.04. The predicted octanol–water partition coefficient (Wildman–Crippen LogP) is 5.23. The zero-order valence-corrected chi connectivity index (χ0v) is 22.8. The van der Waals surface area contributed by atoms with Gasteiger partial charge in [-0.15, -0.1) is 11.8 Å². The van der Waals surface area contributed by atoms with Crippen molar-refractivity contribution in [2.75, 3.05) is 30.9 Å². The van der Waals surface area contributed by atoms with Crippen LogP contribution in [0.3, 0.4) is 0 Å². The second kappa shape index (κ2) is 10.3. The molecule has 0 N–H and O–H groups in total. The minimum Gasteiger partial charge on any atom is -0.379 e. The van der Waals surface area contributed by atoms with Crippen molar-refractivity contribution >= 4 is 34.3 Å². The number of hydrogen-bond acceptors (Lipinski definition) is 6. The van der Waals surface area contributed by atoms with Gasteiger partial charge in [0.25, 0.3) is 0 Å². The molecule has 9 heteroatoms. The van der Waals surface area contributed by atoms with E-state index in [0.717, 1.165) is 21.9 Å². The molecule has 6 nitrogen and oxygen atoms in total. The number of anilines is 1. The lowest BCUT2D eigenvalue weighted by Gasteiger charge is -2.41. The Kier molecular flexibility index (Phi) is 7.17. The van der Waals surface area contributed by atoms with Crippen molar-refractivity contribution in [2.45, 2.75) is 38.3 Å². The fourth-order valence-corrected chi connectivity index (χ4v) is 7.47. The number of thioether (sulfide) groups is 1. The number of aromatic nitrogens is 2. The quantitative estimate of drug-likeness (QED) is 0.414. The van der Waals surface area contributed by atoms with Crippen LogP contribution in [0.1, 0.15) is 19.4 Å². The highest BCUT2D eigenvalue weighted by Crippen LogP contribution is 2.45. The van der Waals surface area contributed by atoms with Crippen molar-refractivity contribution in [1.82, 2.24) is 9.55 Å². The predicted molar refractivity (Wildman–Crippen MR) is 147 cm³/mol. The standard InChI is InChI=1S/C29H31F2N3O3S/c1-6-23(35)24-16(3)11-33(12-17(24)4)28-21-9-15(2)25(20-8-7-18(30)10-22(20)31)27-26(21)34(29(36)32-28)13-19(37-5)14-38-27/h6-10,16-17,19,24H,1,11-14H2,2-5H3/t16-,17+,19-,24?/m0/s1. The lowest BCUT2D eigenvalue weighted by atomic mass is 9.76. The van der Waals surface area contributed by atoms with Crippen molar-refractivity contribution in [1.29, 1.82) is 0 Å². The van der Waals surface area contributed by atoms with Crippen molar-refractivity contribution in [3.63, 3.8) is 0 Å². The van der Waals surface area contributed by atoms with Gasteiger partial charge in [-0.25, -0.2) is 13.6 Å². The fourth-order valence-electron chi connectivity index (χ4n) is 6.10. The second-order valence-corrected chi connectivity index (χ2v) is 11.4. The van der Waals surface area contributed by atoms with E-state index in [2.05, 4.69) is 16.5 Å². The number of rotatable bonds is 5. The molecular weight excluding hydrogens is 508 g/mol. The van der Waals surface area contributed by atoms with Gasteiger partial charge in [-0.2, -0.15) is 4.98 Å². The number of allylic oxidation sites excluding steroid dienone is 1. The fraction of sp³-hybridized carbons (Fsp3) is 0.414. The average molecular weight is 540 g/mol. The molecule has 4 atom stereocenters. The topological polar surface area (TPSA) is 64.4 Å². The van der Waals surface area contributed by atoms with Crippen LogP contribution in [0, 0.1) is 36.3 Å². The molecule has 200 valence electrons. The van der Waals surface area contributed by atoms with Gasteiger partial charge in [0.2, 0.25) is 0 Å². The van der Waals surface area contributed by atoms with Crippen LogP contribution in [0.2, 0.25) is 0 Å². The molecule has 0 aliphatic carbocycles. The number of carbonyl (C=O) groups is 1. The van der Waals surface area contributed by atoms with E-state index < -0.39 is 17.3 Å². The summed E-state index contributed by atoms with van der Waals surface area (Å²) in [6, 6.07) is 5.52. The van der Waals surface area contributed by atoms with Crippen LogP contribution in [-0.4, -0.2) is 47.4 Å². The Balaban J connectivity index is 1.75. The lowest BCUT2D eigenvalue weighted by Crippen LogP contribution is -2.48. The average Bonchev–Trinajstić information content (AvgIpc) is 3.07. The van der Waals surface area contributed by atoms with Crippen LogP contribution in [0.4, 0.5) is 14.6 Å². The van der Waals surface area contributed by atoms with E-state index in [9.17, 15) is 14.0 Å². The maximum Gasteiger partial charge on any atom is 0.350 e. The molecule has 38 heavy (non-hydrogen) atoms. The highest BCUT2D eigenvalue weighted by molar-refractivity contribution is 7.99. The molecular formula is C29H31F2N3O3S. The first kappa shape index (κ1) is 26.6. The third-order valence-corrected chi connectivity index (χ3v) is 9.03. The van der Waals surface area contributed by atoms with Crippen molar-refractivity contribution in [3.8, 4) is 11.1 Å². The Morgan fingerprint density at radius 1 is 1.18 bits per heavy atom. The summed E-state index contributed by atoms with van der Waals surface area (Å²) in [7, 11) is 1.61. The summed E-state index contributed by atoms with van der Waals surface area (Å²) in [6.07, 6.45) is 1.15. The highest BCUT2D eigenvalue weighted by Gasteiger charge is 2.37. The van der Waals surface area contributed by atoms with Gasteiger partial charge in [-0.3, -0.25) is 9.36 Å². The largest absolute Gasteiger partial charge is 0.379 e. The molecule has 0 spiro atoms. The molecule has 2 aromatic carbocycles. The zero-order valence-electron chi connectivity index (χ0n) is 22.0. The molecule has 1 saturated heterocycles. The molecule has 5 rings (SSSR count). The number of ether oxygens (including phenoxy) is 1. The van der Waals surface area contributed by atoms with Crippen LogP contribution in [0.25, 0.3) is 22.0 Å². The van der Waals surface area contributed by atoms with E-state index in [1.165, 1.54) is 30.0 Å². The zero-order chi connectivity index (χ0) is 27.3. The van der Waals surface area contributed by atoms with Gasteiger partial charge >= 0.3 is 5.69 Å². The molecule has 0 saturated carbocycles. The highest BCUT2D eigenvalue weighted by atomic mass is 32.2. The van der Waals surface area contributed by atoms with Gasteiger partial charge in [-0.05, 0) is 48.6 Å². The summed E-state index contributed by atoms with van der Waals surface area (Å²) in [4.78, 5) is 33.4. The maximum absolute atomic E-state index is 15.1. The smallest absolute Gasteiger partial charge is 0.350 e. The summed E-state index contributed by atoms with van der Waals surface area (Å²) in [5, 5.41) is 0.792. The molecule has 1 fully saturated rings. The summed E-state index contributed by atoms with van der Waals surface area (Å²) in [5.41, 5.74) is 2.00. The molecule has 3 aromatic rings. The van der Waals surface area contributed by atoms with Gasteiger partial charge in [0, 0.05) is 59.3 Å². The number of hydrogen-bond donors (Lipinski definition) is 0. The Morgan fingerprint density at radius 3 is 2.53 bits per heavy atom. The van der Waals surface area contributed by atoms with Gasteiger partial charge in [0.15, 0.2) is 5.78 Å². The van der Waals surface area contributed by atoms with E-state index in [1.54, 1.807) is 11.7 Å². The summed E-state index contributed by atoms with van der Waals surface area (Å²) in [5.74, 6) is -0.194. The third-order valence-electron chi connectivity index (χ3n) is 7.80. The van der Waals surface area contributed by atoms with Crippen LogP contribution in [0.15, 0.2) is 46.6 Å². The van der Waals surface area contributed by atoms with Crippen molar-refractivity contribution in [3.05, 3.63) is 64.6 Å². The summed E-state index contributed by atoms with van der Waals surface area (Å²) >= 11 is 1.51. The molecule has 0 amide bonds. The number of ketones is 1. The minimum absolute atomic E-state index is 0.0369.